The van der Waals surface area contributed by atoms with E-state index in [1.807, 2.05) is 30.3 Å². The number of fused-ring (bicyclic) bond motifs is 3. The number of hydrogen-bond donors (Lipinski definition) is 1. The fourth-order valence-electron chi connectivity index (χ4n) is 2.32. The zero-order chi connectivity index (χ0) is 11.9. The molecule has 0 fully saturated rings. The standard InChI is InChI=1S/C14H10N2O2/c1-2-4-12-10(3-1)14-11(8-18-12)13(15-16-14)9-5-6-17-7-9/h1-7H,8H2,(H,15,16). The normalized spacial score (nSPS) is 12.7. The van der Waals surface area contributed by atoms with Crippen molar-refractivity contribution in [1.82, 2.24) is 10.2 Å². The lowest BCUT2D eigenvalue weighted by Gasteiger charge is -2.17. The number of rotatable bonds is 1. The van der Waals surface area contributed by atoms with Crippen molar-refractivity contribution in [2.45, 2.75) is 6.61 Å². The second kappa shape index (κ2) is 3.50. The Labute approximate surface area is 103 Å². The van der Waals surface area contributed by atoms with E-state index in [1.54, 1.807) is 12.5 Å². The number of nitrogens with zero attached hydrogens (tertiary/aromatic N) is 1. The van der Waals surface area contributed by atoms with E-state index >= 15 is 0 Å². The van der Waals surface area contributed by atoms with Crippen LogP contribution in [0.1, 0.15) is 5.56 Å². The number of aromatic nitrogens is 2. The van der Waals surface area contributed by atoms with Crippen molar-refractivity contribution in [3.8, 4) is 28.3 Å². The molecule has 3 heterocycles. The molecule has 0 radical (unpaired) electrons. The Morgan fingerprint density at radius 3 is 3.00 bits per heavy atom. The number of para-hydroxylation sites is 1. The third kappa shape index (κ3) is 1.23. The third-order valence-corrected chi connectivity index (χ3v) is 3.19. The zero-order valence-corrected chi connectivity index (χ0v) is 9.51. The van der Waals surface area contributed by atoms with E-state index in [2.05, 4.69) is 10.2 Å². The Morgan fingerprint density at radius 1 is 1.17 bits per heavy atom. The number of hydrogen-bond acceptors (Lipinski definition) is 3. The fourth-order valence-corrected chi connectivity index (χ4v) is 2.32. The summed E-state index contributed by atoms with van der Waals surface area (Å²) in [4.78, 5) is 0. The molecule has 0 spiro atoms. The molecular weight excluding hydrogens is 228 g/mol. The molecule has 2 aromatic heterocycles. The van der Waals surface area contributed by atoms with Crippen LogP contribution in [-0.4, -0.2) is 10.2 Å². The molecule has 4 rings (SSSR count). The van der Waals surface area contributed by atoms with Crippen molar-refractivity contribution < 1.29 is 9.15 Å². The summed E-state index contributed by atoms with van der Waals surface area (Å²) in [5, 5.41) is 7.47. The highest BCUT2D eigenvalue weighted by Crippen LogP contribution is 2.39. The molecule has 1 aliphatic heterocycles. The minimum Gasteiger partial charge on any atom is -0.488 e. The minimum atomic E-state index is 0.531. The van der Waals surface area contributed by atoms with Crippen molar-refractivity contribution in [3.63, 3.8) is 0 Å². The Balaban J connectivity index is 1.93. The van der Waals surface area contributed by atoms with Crippen LogP contribution in [0.4, 0.5) is 0 Å². The predicted molar refractivity (Wildman–Crippen MR) is 66.1 cm³/mol. The quantitative estimate of drug-likeness (QED) is 0.708. The van der Waals surface area contributed by atoms with Gasteiger partial charge in [-0.25, -0.2) is 0 Å². The number of furan rings is 1. The first-order valence-corrected chi connectivity index (χ1v) is 5.75. The number of aromatic amines is 1. The topological polar surface area (TPSA) is 51.1 Å². The molecular formula is C14H10N2O2. The van der Waals surface area contributed by atoms with Crippen LogP contribution in [0.5, 0.6) is 5.75 Å². The number of benzene rings is 1. The van der Waals surface area contributed by atoms with E-state index in [-0.39, 0.29) is 0 Å². The van der Waals surface area contributed by atoms with Crippen LogP contribution in [-0.2, 0) is 6.61 Å². The van der Waals surface area contributed by atoms with Gasteiger partial charge in [0.25, 0.3) is 0 Å². The van der Waals surface area contributed by atoms with Crippen LogP contribution in [0.25, 0.3) is 22.5 Å². The maximum atomic E-state index is 5.76. The molecule has 18 heavy (non-hydrogen) atoms. The summed E-state index contributed by atoms with van der Waals surface area (Å²) >= 11 is 0. The maximum Gasteiger partial charge on any atom is 0.129 e. The summed E-state index contributed by atoms with van der Waals surface area (Å²) in [7, 11) is 0. The summed E-state index contributed by atoms with van der Waals surface area (Å²) < 4.78 is 10.9. The van der Waals surface area contributed by atoms with Crippen LogP contribution in [0.3, 0.4) is 0 Å². The summed E-state index contributed by atoms with van der Waals surface area (Å²) in [6, 6.07) is 9.87. The van der Waals surface area contributed by atoms with Gasteiger partial charge in [-0.3, -0.25) is 5.10 Å². The molecule has 1 aromatic carbocycles. The monoisotopic (exact) mass is 238 g/mol. The van der Waals surface area contributed by atoms with Gasteiger partial charge < -0.3 is 9.15 Å². The zero-order valence-electron chi connectivity index (χ0n) is 9.51. The lowest BCUT2D eigenvalue weighted by Crippen LogP contribution is -2.04. The number of ether oxygens (including phenoxy) is 1. The summed E-state index contributed by atoms with van der Waals surface area (Å²) in [5.74, 6) is 0.896. The summed E-state index contributed by atoms with van der Waals surface area (Å²) in [5.41, 5.74) is 5.04. The minimum absolute atomic E-state index is 0.531. The van der Waals surface area contributed by atoms with Crippen molar-refractivity contribution in [2.75, 3.05) is 0 Å². The van der Waals surface area contributed by atoms with Crippen molar-refractivity contribution in [2.24, 2.45) is 0 Å². The molecule has 4 nitrogen and oxygen atoms in total. The molecule has 0 atom stereocenters. The van der Waals surface area contributed by atoms with Crippen LogP contribution in [0.15, 0.2) is 47.3 Å². The number of nitrogens with one attached hydrogen (secondary N) is 1. The maximum absolute atomic E-state index is 5.76. The Hall–Kier alpha value is -2.49. The van der Waals surface area contributed by atoms with Crippen LogP contribution in [0, 0.1) is 0 Å². The second-order valence-corrected chi connectivity index (χ2v) is 4.22. The van der Waals surface area contributed by atoms with E-state index in [9.17, 15) is 0 Å². The average molecular weight is 238 g/mol. The Kier molecular flexibility index (Phi) is 1.85. The molecule has 0 saturated carbocycles. The molecule has 4 heteroatoms. The highest BCUT2D eigenvalue weighted by Gasteiger charge is 2.23. The van der Waals surface area contributed by atoms with Gasteiger partial charge >= 0.3 is 0 Å². The molecule has 0 amide bonds. The first-order valence-electron chi connectivity index (χ1n) is 5.75. The highest BCUT2D eigenvalue weighted by molar-refractivity contribution is 5.78. The molecule has 0 bridgehead atoms. The molecule has 0 aliphatic carbocycles. The summed E-state index contributed by atoms with van der Waals surface area (Å²) in [6.45, 7) is 0.531. The number of H-pyrrole nitrogens is 1. The highest BCUT2D eigenvalue weighted by atomic mass is 16.5. The van der Waals surface area contributed by atoms with Gasteiger partial charge in [-0.15, -0.1) is 0 Å². The molecule has 1 aliphatic rings. The van der Waals surface area contributed by atoms with Gasteiger partial charge in [-0.1, -0.05) is 12.1 Å². The van der Waals surface area contributed by atoms with Crippen molar-refractivity contribution >= 4 is 0 Å². The smallest absolute Gasteiger partial charge is 0.129 e. The van der Waals surface area contributed by atoms with Gasteiger partial charge in [0.1, 0.15) is 18.1 Å². The molecule has 88 valence electrons. The van der Waals surface area contributed by atoms with Crippen LogP contribution in [0.2, 0.25) is 0 Å². The van der Waals surface area contributed by atoms with Crippen molar-refractivity contribution in [3.05, 3.63) is 48.4 Å². The van der Waals surface area contributed by atoms with Gasteiger partial charge in [0.05, 0.1) is 18.2 Å². The molecule has 1 N–H and O–H groups in total. The largest absolute Gasteiger partial charge is 0.488 e. The second-order valence-electron chi connectivity index (χ2n) is 4.22. The molecule has 0 unspecified atom stereocenters. The van der Waals surface area contributed by atoms with E-state index in [0.717, 1.165) is 33.8 Å². The lowest BCUT2D eigenvalue weighted by molar-refractivity contribution is 0.303. The van der Waals surface area contributed by atoms with Crippen LogP contribution < -0.4 is 4.74 Å². The molecule has 0 saturated heterocycles. The molecule has 3 aromatic rings. The predicted octanol–water partition coefficient (Wildman–Crippen LogP) is 3.23. The van der Waals surface area contributed by atoms with Gasteiger partial charge in [-0.05, 0) is 18.2 Å². The van der Waals surface area contributed by atoms with E-state index in [4.69, 9.17) is 9.15 Å². The van der Waals surface area contributed by atoms with Gasteiger partial charge in [0.15, 0.2) is 0 Å². The van der Waals surface area contributed by atoms with E-state index in [0.29, 0.717) is 6.61 Å². The van der Waals surface area contributed by atoms with Gasteiger partial charge in [0, 0.05) is 16.7 Å². The SMILES string of the molecule is c1ccc2c(c1)OCc1c(-c3ccoc3)n[nH]c1-2. The van der Waals surface area contributed by atoms with Crippen LogP contribution >= 0.6 is 0 Å². The average Bonchev–Trinajstić information content (AvgIpc) is 3.07. The van der Waals surface area contributed by atoms with Gasteiger partial charge in [-0.2, -0.15) is 5.10 Å². The Bertz CT molecular complexity index is 698. The van der Waals surface area contributed by atoms with Crippen molar-refractivity contribution in [1.29, 1.82) is 0 Å². The summed E-state index contributed by atoms with van der Waals surface area (Å²) in [6.07, 6.45) is 3.34. The van der Waals surface area contributed by atoms with E-state index < -0.39 is 0 Å². The first-order chi connectivity index (χ1) is 8.93. The third-order valence-electron chi connectivity index (χ3n) is 3.19. The fraction of sp³-hybridized carbons (Fsp3) is 0.0714. The van der Waals surface area contributed by atoms with E-state index in [1.165, 1.54) is 0 Å². The Morgan fingerprint density at radius 2 is 2.11 bits per heavy atom. The lowest BCUT2D eigenvalue weighted by atomic mass is 10.0. The first kappa shape index (κ1) is 9.53. The van der Waals surface area contributed by atoms with Gasteiger partial charge in [0.2, 0.25) is 0 Å².